The molecule has 0 spiro atoms. The number of ether oxygens (including phenoxy) is 1. The van der Waals surface area contributed by atoms with Crippen molar-refractivity contribution in [1.29, 1.82) is 0 Å². The average Bonchev–Trinajstić information content (AvgIpc) is 3.33. The summed E-state index contributed by atoms with van der Waals surface area (Å²) in [6.45, 7) is 1.61. The van der Waals surface area contributed by atoms with Crippen molar-refractivity contribution in [3.8, 4) is 11.4 Å². The molecular formula is C15H13F3N6O3. The van der Waals surface area contributed by atoms with E-state index in [1.807, 2.05) is 0 Å². The number of hydrogen-bond donors (Lipinski definition) is 2. The Bertz CT molecular complexity index is 923. The van der Waals surface area contributed by atoms with E-state index in [0.717, 1.165) is 0 Å². The van der Waals surface area contributed by atoms with E-state index in [4.69, 9.17) is 4.74 Å². The fourth-order valence-electron chi connectivity index (χ4n) is 2.23. The van der Waals surface area contributed by atoms with Gasteiger partial charge in [0.15, 0.2) is 11.4 Å². The number of aromatic amines is 1. The average molecular weight is 382 g/mol. The first kappa shape index (κ1) is 18.5. The number of aromatic nitrogens is 5. The van der Waals surface area contributed by atoms with Crippen LogP contribution in [0.3, 0.4) is 0 Å². The summed E-state index contributed by atoms with van der Waals surface area (Å²) in [6.07, 6.45) is -3.46. The lowest BCUT2D eigenvalue weighted by atomic mass is 10.0. The van der Waals surface area contributed by atoms with Crippen molar-refractivity contribution in [3.63, 3.8) is 0 Å². The lowest BCUT2D eigenvalue weighted by Crippen LogP contribution is -2.45. The zero-order valence-corrected chi connectivity index (χ0v) is 14.0. The molecule has 3 aromatic rings. The summed E-state index contributed by atoms with van der Waals surface area (Å²) in [4.78, 5) is 15.5. The lowest BCUT2D eigenvalue weighted by molar-refractivity contribution is -0.159. The maximum Gasteiger partial charge on any atom is 0.471 e. The Balaban J connectivity index is 1.82. The number of methoxy groups -OCH3 is 1. The fraction of sp³-hybridized carbons (Fsp3) is 0.267. The molecule has 9 nitrogen and oxygen atoms in total. The van der Waals surface area contributed by atoms with Crippen LogP contribution in [0, 0.1) is 0 Å². The molecule has 3 rings (SSSR count). The van der Waals surface area contributed by atoms with Crippen LogP contribution < -0.4 is 5.32 Å². The summed E-state index contributed by atoms with van der Waals surface area (Å²) in [5.74, 6) is -2.16. The van der Waals surface area contributed by atoms with Crippen LogP contribution in [0.15, 0.2) is 35.0 Å². The van der Waals surface area contributed by atoms with Crippen LogP contribution in [-0.2, 0) is 16.6 Å². The van der Waals surface area contributed by atoms with E-state index in [0.29, 0.717) is 11.1 Å². The van der Waals surface area contributed by atoms with Crippen molar-refractivity contribution in [2.45, 2.75) is 18.8 Å². The van der Waals surface area contributed by atoms with Crippen LogP contribution in [0.25, 0.3) is 11.4 Å². The summed E-state index contributed by atoms with van der Waals surface area (Å²) in [5.41, 5.74) is -0.311. The third-order valence-corrected chi connectivity index (χ3v) is 3.77. The molecule has 0 radical (unpaired) electrons. The molecular weight excluding hydrogens is 369 g/mol. The number of nitrogens with zero attached hydrogens (tertiary/aromatic N) is 4. The van der Waals surface area contributed by atoms with Gasteiger partial charge >= 0.3 is 12.1 Å². The first-order valence-corrected chi connectivity index (χ1v) is 7.48. The highest BCUT2D eigenvalue weighted by molar-refractivity contribution is 5.92. The van der Waals surface area contributed by atoms with Crippen molar-refractivity contribution in [2.24, 2.45) is 0 Å². The normalized spacial score (nSPS) is 14.0. The Kier molecular flexibility index (Phi) is 4.66. The van der Waals surface area contributed by atoms with Gasteiger partial charge in [0.05, 0.1) is 6.20 Å². The Labute approximate surface area is 149 Å². The van der Waals surface area contributed by atoms with Crippen molar-refractivity contribution in [3.05, 3.63) is 47.6 Å². The van der Waals surface area contributed by atoms with E-state index in [1.165, 1.54) is 25.4 Å². The van der Waals surface area contributed by atoms with E-state index in [1.54, 1.807) is 19.1 Å². The standard InChI is InChI=1S/C15H13F3N6O3/c1-14(26-2,21-12(25)10-7-19-24-22-10)9-5-3-8(4-6-9)11-20-13(27-23-11)15(16,17)18/h3-7H,1-2H3,(H,21,25)(H,19,22,24). The molecule has 2 heterocycles. The monoisotopic (exact) mass is 382 g/mol. The second-order valence-corrected chi connectivity index (χ2v) is 5.54. The van der Waals surface area contributed by atoms with Crippen LogP contribution in [0.2, 0.25) is 0 Å². The molecule has 0 saturated heterocycles. The Morgan fingerprint density at radius 2 is 1.96 bits per heavy atom. The fourth-order valence-corrected chi connectivity index (χ4v) is 2.23. The van der Waals surface area contributed by atoms with Gasteiger partial charge < -0.3 is 14.6 Å². The van der Waals surface area contributed by atoms with E-state index in [9.17, 15) is 18.0 Å². The smallest absolute Gasteiger partial charge is 0.355 e. The van der Waals surface area contributed by atoms with Crippen LogP contribution in [0.4, 0.5) is 13.2 Å². The van der Waals surface area contributed by atoms with E-state index >= 15 is 0 Å². The Morgan fingerprint density at radius 1 is 1.26 bits per heavy atom. The number of benzene rings is 1. The molecule has 1 atom stereocenters. The van der Waals surface area contributed by atoms with Crippen LogP contribution in [0.5, 0.6) is 0 Å². The SMILES string of the molecule is COC(C)(NC(=O)c1cn[nH]n1)c1ccc(-c2noc(C(F)(F)F)n2)cc1. The maximum atomic E-state index is 12.6. The Morgan fingerprint density at radius 3 is 2.48 bits per heavy atom. The zero-order valence-electron chi connectivity index (χ0n) is 14.0. The molecule has 0 aliphatic heterocycles. The molecule has 12 heteroatoms. The maximum absolute atomic E-state index is 12.6. The molecule has 1 aromatic carbocycles. The van der Waals surface area contributed by atoms with Crippen LogP contribution in [0.1, 0.15) is 28.9 Å². The summed E-state index contributed by atoms with van der Waals surface area (Å²) in [7, 11) is 1.39. The third-order valence-electron chi connectivity index (χ3n) is 3.77. The van der Waals surface area contributed by atoms with Crippen molar-refractivity contribution in [1.82, 2.24) is 30.9 Å². The molecule has 0 saturated carbocycles. The first-order valence-electron chi connectivity index (χ1n) is 7.48. The molecule has 0 aliphatic rings. The second-order valence-electron chi connectivity index (χ2n) is 5.54. The summed E-state index contributed by atoms with van der Waals surface area (Å²) in [5, 5.41) is 15.5. The van der Waals surface area contributed by atoms with Gasteiger partial charge in [0.1, 0.15) is 0 Å². The highest BCUT2D eigenvalue weighted by Crippen LogP contribution is 2.30. The number of halogens is 3. The van der Waals surface area contributed by atoms with Crippen LogP contribution >= 0.6 is 0 Å². The third kappa shape index (κ3) is 3.79. The minimum Gasteiger partial charge on any atom is -0.355 e. The van der Waals surface area contributed by atoms with Gasteiger partial charge in [-0.1, -0.05) is 29.4 Å². The molecule has 2 N–H and O–H groups in total. The molecule has 142 valence electrons. The highest BCUT2D eigenvalue weighted by atomic mass is 19.4. The van der Waals surface area contributed by atoms with Gasteiger partial charge in [-0.15, -0.1) is 0 Å². The molecule has 2 aromatic heterocycles. The van der Waals surface area contributed by atoms with Gasteiger partial charge in [0, 0.05) is 18.2 Å². The minimum atomic E-state index is -4.72. The number of carbonyl (C=O) groups excluding carboxylic acids is 1. The Hall–Kier alpha value is -3.28. The van der Waals surface area contributed by atoms with Gasteiger partial charge in [0.25, 0.3) is 5.91 Å². The van der Waals surface area contributed by atoms with Gasteiger partial charge in [-0.25, -0.2) is 0 Å². The predicted molar refractivity (Wildman–Crippen MR) is 82.9 cm³/mol. The van der Waals surface area contributed by atoms with Crippen molar-refractivity contribution < 1.29 is 27.2 Å². The van der Waals surface area contributed by atoms with Crippen molar-refractivity contribution >= 4 is 5.91 Å². The molecule has 1 unspecified atom stereocenters. The first-order chi connectivity index (χ1) is 12.7. The molecule has 0 bridgehead atoms. The number of hydrogen-bond acceptors (Lipinski definition) is 7. The molecule has 27 heavy (non-hydrogen) atoms. The summed E-state index contributed by atoms with van der Waals surface area (Å²) >= 11 is 0. The molecule has 0 fully saturated rings. The van der Waals surface area contributed by atoms with Gasteiger partial charge in [-0.05, 0) is 6.92 Å². The number of H-pyrrole nitrogens is 1. The minimum absolute atomic E-state index is 0.0707. The number of alkyl halides is 3. The summed E-state index contributed by atoms with van der Waals surface area (Å²) < 4.78 is 47.3. The van der Waals surface area contributed by atoms with Gasteiger partial charge in [0.2, 0.25) is 5.82 Å². The second kappa shape index (κ2) is 6.79. The quantitative estimate of drug-likeness (QED) is 0.649. The van der Waals surface area contributed by atoms with Gasteiger partial charge in [-0.3, -0.25) is 4.79 Å². The van der Waals surface area contributed by atoms with Gasteiger partial charge in [-0.2, -0.15) is 33.6 Å². The highest BCUT2D eigenvalue weighted by Gasteiger charge is 2.38. The topological polar surface area (TPSA) is 119 Å². The van der Waals surface area contributed by atoms with E-state index in [2.05, 4.69) is 35.4 Å². The number of rotatable bonds is 5. The van der Waals surface area contributed by atoms with Crippen LogP contribution in [-0.4, -0.2) is 38.6 Å². The van der Waals surface area contributed by atoms with E-state index in [-0.39, 0.29) is 11.5 Å². The molecule has 0 aliphatic carbocycles. The number of carbonyl (C=O) groups is 1. The lowest BCUT2D eigenvalue weighted by Gasteiger charge is -2.29. The van der Waals surface area contributed by atoms with Crippen molar-refractivity contribution in [2.75, 3.05) is 7.11 Å². The molecule has 1 amide bonds. The zero-order chi connectivity index (χ0) is 19.7. The largest absolute Gasteiger partial charge is 0.471 e. The van der Waals surface area contributed by atoms with E-state index < -0.39 is 23.7 Å². The number of nitrogens with one attached hydrogen (secondary N) is 2. The summed E-state index contributed by atoms with van der Waals surface area (Å²) in [6, 6.07) is 6.09. The number of amides is 1. The predicted octanol–water partition coefficient (Wildman–Crippen LogP) is 2.12.